The van der Waals surface area contributed by atoms with Gasteiger partial charge in [-0.15, -0.1) is 0 Å². The van der Waals surface area contributed by atoms with Crippen LogP contribution in [0, 0.1) is 35.1 Å². The quantitative estimate of drug-likeness (QED) is 0.424. The fraction of sp³-hybridized carbons (Fsp3) is 0.500. The molecule has 0 aromatic heterocycles. The molecular weight excluding hydrogens is 444 g/mol. The van der Waals surface area contributed by atoms with Crippen molar-refractivity contribution in [2.75, 3.05) is 13.7 Å². The highest BCUT2D eigenvalue weighted by atomic mass is 19.2. The number of allylic oxidation sites excluding steroid dienone is 2. The summed E-state index contributed by atoms with van der Waals surface area (Å²) in [6.45, 7) is 0.118. The fourth-order valence-corrected chi connectivity index (χ4v) is 5.47. The Balaban J connectivity index is 1.34. The second kappa shape index (κ2) is 10.9. The number of benzene rings is 2. The zero-order valence-corrected chi connectivity index (χ0v) is 19.6. The molecular formula is C28H32F4O2. The van der Waals surface area contributed by atoms with Gasteiger partial charge in [-0.05, 0) is 98.3 Å². The van der Waals surface area contributed by atoms with Gasteiger partial charge in [-0.2, -0.15) is 4.39 Å². The van der Waals surface area contributed by atoms with Crippen LogP contribution in [0.5, 0.6) is 5.75 Å². The molecule has 2 aromatic carbocycles. The number of aliphatic hydroxyl groups excluding tert-OH is 1. The summed E-state index contributed by atoms with van der Waals surface area (Å²) in [4.78, 5) is 0. The van der Waals surface area contributed by atoms with Crippen molar-refractivity contribution >= 4 is 5.57 Å². The largest absolute Gasteiger partial charge is 0.494 e. The van der Waals surface area contributed by atoms with Gasteiger partial charge < -0.3 is 9.84 Å². The minimum atomic E-state index is -0.944. The summed E-state index contributed by atoms with van der Waals surface area (Å²) in [6.07, 6.45) is 8.39. The molecule has 0 aliphatic heterocycles. The van der Waals surface area contributed by atoms with Gasteiger partial charge in [-0.1, -0.05) is 24.3 Å². The molecule has 4 rings (SSSR count). The lowest BCUT2D eigenvalue weighted by atomic mass is 9.76. The first kappa shape index (κ1) is 24.8. The molecule has 1 atom stereocenters. The molecule has 2 aliphatic carbocycles. The van der Waals surface area contributed by atoms with Crippen LogP contribution in [0.2, 0.25) is 0 Å². The van der Waals surface area contributed by atoms with Crippen LogP contribution >= 0.6 is 0 Å². The van der Waals surface area contributed by atoms with Crippen LogP contribution < -0.4 is 4.74 Å². The van der Waals surface area contributed by atoms with Crippen LogP contribution in [0.15, 0.2) is 30.3 Å². The maximum Gasteiger partial charge on any atom is 0.200 e. The van der Waals surface area contributed by atoms with Gasteiger partial charge in [-0.25, -0.2) is 13.2 Å². The third-order valence-corrected chi connectivity index (χ3v) is 7.69. The van der Waals surface area contributed by atoms with Crippen LogP contribution in [-0.4, -0.2) is 18.8 Å². The first-order valence-electron chi connectivity index (χ1n) is 12.2. The molecule has 1 N–H and O–H groups in total. The number of halogens is 4. The highest BCUT2D eigenvalue weighted by Crippen LogP contribution is 2.40. The molecule has 0 heterocycles. The van der Waals surface area contributed by atoms with Crippen LogP contribution in [0.25, 0.3) is 5.57 Å². The molecule has 0 spiro atoms. The van der Waals surface area contributed by atoms with E-state index in [1.54, 1.807) is 18.2 Å². The van der Waals surface area contributed by atoms with E-state index in [0.29, 0.717) is 41.9 Å². The molecule has 6 heteroatoms. The van der Waals surface area contributed by atoms with Gasteiger partial charge >= 0.3 is 0 Å². The lowest BCUT2D eigenvalue weighted by Crippen LogP contribution is -2.16. The Morgan fingerprint density at radius 2 is 1.62 bits per heavy atom. The van der Waals surface area contributed by atoms with E-state index in [2.05, 4.69) is 0 Å². The zero-order chi connectivity index (χ0) is 24.2. The predicted octanol–water partition coefficient (Wildman–Crippen LogP) is 7.33. The summed E-state index contributed by atoms with van der Waals surface area (Å²) < 4.78 is 63.0. The predicted molar refractivity (Wildman–Crippen MR) is 125 cm³/mol. The third-order valence-electron chi connectivity index (χ3n) is 7.69. The third kappa shape index (κ3) is 5.17. The monoisotopic (exact) mass is 476 g/mol. The molecule has 1 saturated carbocycles. The van der Waals surface area contributed by atoms with Crippen molar-refractivity contribution in [2.45, 2.75) is 63.7 Å². The SMILES string of the molecule is COc1ccc(C2CCC(CCc3ccc(C4=CCC(CO)CC4)c(F)c3F)CC2)c(F)c1F. The van der Waals surface area contributed by atoms with E-state index in [-0.39, 0.29) is 24.2 Å². The van der Waals surface area contributed by atoms with Crippen molar-refractivity contribution in [3.05, 3.63) is 70.3 Å². The van der Waals surface area contributed by atoms with Crippen molar-refractivity contribution in [1.82, 2.24) is 0 Å². The van der Waals surface area contributed by atoms with Gasteiger partial charge in [-0.3, -0.25) is 0 Å². The van der Waals surface area contributed by atoms with E-state index in [1.807, 2.05) is 6.08 Å². The highest BCUT2D eigenvalue weighted by molar-refractivity contribution is 5.67. The van der Waals surface area contributed by atoms with E-state index in [9.17, 15) is 22.7 Å². The van der Waals surface area contributed by atoms with Gasteiger partial charge in [0.2, 0.25) is 5.82 Å². The number of hydrogen-bond donors (Lipinski definition) is 1. The van der Waals surface area contributed by atoms with Crippen LogP contribution in [0.1, 0.15) is 74.0 Å². The molecule has 184 valence electrons. The van der Waals surface area contributed by atoms with Crippen LogP contribution in [-0.2, 0) is 6.42 Å². The lowest BCUT2D eigenvalue weighted by Gasteiger charge is -2.29. The molecule has 0 amide bonds. The molecule has 0 saturated heterocycles. The second-order valence-corrected chi connectivity index (χ2v) is 9.69. The molecule has 1 fully saturated rings. The van der Waals surface area contributed by atoms with Gasteiger partial charge in [0.25, 0.3) is 0 Å². The molecule has 2 aliphatic rings. The average molecular weight is 477 g/mol. The van der Waals surface area contributed by atoms with E-state index >= 15 is 0 Å². The summed E-state index contributed by atoms with van der Waals surface area (Å²) in [7, 11) is 1.31. The molecule has 2 aromatic rings. The normalized spacial score (nSPS) is 23.0. The number of hydrogen-bond acceptors (Lipinski definition) is 2. The minimum Gasteiger partial charge on any atom is -0.494 e. The highest BCUT2D eigenvalue weighted by Gasteiger charge is 2.27. The zero-order valence-electron chi connectivity index (χ0n) is 19.6. The molecule has 1 unspecified atom stereocenters. The summed E-state index contributed by atoms with van der Waals surface area (Å²) in [6, 6.07) is 6.44. The summed E-state index contributed by atoms with van der Waals surface area (Å²) in [5.74, 6) is -2.92. The van der Waals surface area contributed by atoms with E-state index < -0.39 is 23.3 Å². The number of aliphatic hydroxyl groups is 1. The summed E-state index contributed by atoms with van der Waals surface area (Å²) in [5, 5.41) is 9.26. The topological polar surface area (TPSA) is 29.5 Å². The Kier molecular flexibility index (Phi) is 7.97. The first-order valence-corrected chi connectivity index (χ1v) is 12.2. The van der Waals surface area contributed by atoms with Crippen molar-refractivity contribution in [2.24, 2.45) is 11.8 Å². The van der Waals surface area contributed by atoms with E-state index in [0.717, 1.165) is 44.1 Å². The molecule has 2 nitrogen and oxygen atoms in total. The van der Waals surface area contributed by atoms with Gasteiger partial charge in [0, 0.05) is 12.2 Å². The number of aryl methyl sites for hydroxylation is 1. The maximum absolute atomic E-state index is 14.8. The van der Waals surface area contributed by atoms with Crippen molar-refractivity contribution in [1.29, 1.82) is 0 Å². The molecule has 0 radical (unpaired) electrons. The van der Waals surface area contributed by atoms with Crippen molar-refractivity contribution < 1.29 is 27.4 Å². The fourth-order valence-electron chi connectivity index (χ4n) is 5.47. The van der Waals surface area contributed by atoms with Crippen molar-refractivity contribution in [3.63, 3.8) is 0 Å². The Labute approximate surface area is 198 Å². The van der Waals surface area contributed by atoms with Gasteiger partial charge in [0.1, 0.15) is 0 Å². The lowest BCUT2D eigenvalue weighted by molar-refractivity contribution is 0.218. The van der Waals surface area contributed by atoms with Crippen LogP contribution in [0.3, 0.4) is 0 Å². The molecule has 0 bridgehead atoms. The van der Waals surface area contributed by atoms with Crippen LogP contribution in [0.4, 0.5) is 17.6 Å². The number of ether oxygens (including phenoxy) is 1. The Morgan fingerprint density at radius 3 is 2.26 bits per heavy atom. The number of methoxy groups -OCH3 is 1. The van der Waals surface area contributed by atoms with E-state index in [4.69, 9.17) is 4.74 Å². The number of rotatable bonds is 7. The Bertz CT molecular complexity index is 1040. The van der Waals surface area contributed by atoms with Crippen molar-refractivity contribution in [3.8, 4) is 5.75 Å². The smallest absolute Gasteiger partial charge is 0.200 e. The maximum atomic E-state index is 14.8. The average Bonchev–Trinajstić information content (AvgIpc) is 2.87. The van der Waals surface area contributed by atoms with E-state index in [1.165, 1.54) is 13.2 Å². The first-order chi connectivity index (χ1) is 16.4. The minimum absolute atomic E-state index is 0.0423. The Hall–Kier alpha value is -2.34. The van der Waals surface area contributed by atoms with Gasteiger partial charge in [0.05, 0.1) is 7.11 Å². The second-order valence-electron chi connectivity index (χ2n) is 9.69. The molecule has 34 heavy (non-hydrogen) atoms. The van der Waals surface area contributed by atoms with Gasteiger partial charge in [0.15, 0.2) is 23.2 Å². The summed E-state index contributed by atoms with van der Waals surface area (Å²) >= 11 is 0. The standard InChI is InChI=1S/C28H32F4O2/c1-34-24-15-14-23(27(31)28(24)32)19-7-2-17(3-8-19)4-11-21-12-13-22(26(30)25(21)29)20-9-5-18(16-33)6-10-20/h9,12-15,17-19,33H,2-8,10-11,16H2,1H3. The Morgan fingerprint density at radius 1 is 0.853 bits per heavy atom. The summed E-state index contributed by atoms with van der Waals surface area (Å²) in [5.41, 5.74) is 1.92.